The fraction of sp³-hybridized carbons (Fsp3) is 0.389. The number of halogens is 1. The van der Waals surface area contributed by atoms with E-state index in [0.717, 1.165) is 23.4 Å². The number of ether oxygens (including phenoxy) is 1. The standard InChI is InChI=1S/C18H20ClN3O3S/c1-11-12(2)26-18(20-11)21-16(23)9-22(14-5-6-14)17(24)10-25-15-7-3-13(19)4-8-15/h3-4,7-8,14H,5-6,9-10H2,1-2H3,(H,20,21,23). The van der Waals surface area contributed by atoms with Crippen LogP contribution in [0.15, 0.2) is 24.3 Å². The van der Waals surface area contributed by atoms with Crippen molar-refractivity contribution in [1.29, 1.82) is 0 Å². The summed E-state index contributed by atoms with van der Waals surface area (Å²) in [5, 5.41) is 3.94. The molecule has 0 atom stereocenters. The molecule has 1 aromatic heterocycles. The number of anilines is 1. The van der Waals surface area contributed by atoms with E-state index in [9.17, 15) is 9.59 Å². The van der Waals surface area contributed by atoms with E-state index in [4.69, 9.17) is 16.3 Å². The summed E-state index contributed by atoms with van der Waals surface area (Å²) in [5.41, 5.74) is 0.900. The van der Waals surface area contributed by atoms with Gasteiger partial charge in [-0.2, -0.15) is 0 Å². The van der Waals surface area contributed by atoms with Crippen molar-refractivity contribution in [3.8, 4) is 5.75 Å². The average molecular weight is 394 g/mol. The third-order valence-corrected chi connectivity index (χ3v) is 5.31. The van der Waals surface area contributed by atoms with Crippen LogP contribution in [-0.4, -0.2) is 40.9 Å². The first-order valence-electron chi connectivity index (χ1n) is 8.34. The maximum atomic E-state index is 12.5. The summed E-state index contributed by atoms with van der Waals surface area (Å²) in [6.45, 7) is 3.75. The van der Waals surface area contributed by atoms with Gasteiger partial charge < -0.3 is 15.0 Å². The zero-order chi connectivity index (χ0) is 18.7. The molecule has 138 valence electrons. The zero-order valence-electron chi connectivity index (χ0n) is 14.6. The van der Waals surface area contributed by atoms with Crippen molar-refractivity contribution in [2.24, 2.45) is 0 Å². The van der Waals surface area contributed by atoms with E-state index < -0.39 is 0 Å². The molecule has 0 radical (unpaired) electrons. The molecular weight excluding hydrogens is 374 g/mol. The summed E-state index contributed by atoms with van der Waals surface area (Å²) in [6.07, 6.45) is 1.82. The normalized spacial score (nSPS) is 13.3. The second-order valence-corrected chi connectivity index (χ2v) is 7.84. The van der Waals surface area contributed by atoms with E-state index in [1.54, 1.807) is 29.2 Å². The van der Waals surface area contributed by atoms with E-state index in [1.807, 2.05) is 13.8 Å². The number of aryl methyl sites for hydroxylation is 2. The second-order valence-electron chi connectivity index (χ2n) is 6.20. The van der Waals surface area contributed by atoms with Gasteiger partial charge in [0.25, 0.3) is 5.91 Å². The molecule has 0 spiro atoms. The van der Waals surface area contributed by atoms with Crippen molar-refractivity contribution in [1.82, 2.24) is 9.88 Å². The number of nitrogens with one attached hydrogen (secondary N) is 1. The van der Waals surface area contributed by atoms with Gasteiger partial charge in [-0.15, -0.1) is 11.3 Å². The summed E-state index contributed by atoms with van der Waals surface area (Å²) in [7, 11) is 0. The van der Waals surface area contributed by atoms with E-state index >= 15 is 0 Å². The summed E-state index contributed by atoms with van der Waals surface area (Å²) >= 11 is 7.26. The predicted octanol–water partition coefficient (Wildman–Crippen LogP) is 3.42. The molecule has 1 N–H and O–H groups in total. The van der Waals surface area contributed by atoms with E-state index in [1.165, 1.54) is 11.3 Å². The molecule has 2 aromatic rings. The van der Waals surface area contributed by atoms with Gasteiger partial charge >= 0.3 is 0 Å². The number of rotatable bonds is 7. The molecule has 2 amide bonds. The minimum atomic E-state index is -0.245. The van der Waals surface area contributed by atoms with Gasteiger partial charge in [0.1, 0.15) is 12.3 Å². The van der Waals surface area contributed by atoms with E-state index in [0.29, 0.717) is 15.9 Å². The molecule has 0 aliphatic heterocycles. The first-order chi connectivity index (χ1) is 12.4. The third-order valence-electron chi connectivity index (χ3n) is 4.07. The highest BCUT2D eigenvalue weighted by atomic mass is 35.5. The Morgan fingerprint density at radius 1 is 1.31 bits per heavy atom. The van der Waals surface area contributed by atoms with Crippen LogP contribution in [0.25, 0.3) is 0 Å². The van der Waals surface area contributed by atoms with Crippen LogP contribution in [0.1, 0.15) is 23.4 Å². The Hall–Kier alpha value is -2.12. The first kappa shape index (κ1) is 18.7. The van der Waals surface area contributed by atoms with Crippen LogP contribution < -0.4 is 10.1 Å². The lowest BCUT2D eigenvalue weighted by Crippen LogP contribution is -2.42. The van der Waals surface area contributed by atoms with Gasteiger partial charge in [-0.3, -0.25) is 9.59 Å². The van der Waals surface area contributed by atoms with Gasteiger partial charge in [-0.05, 0) is 51.0 Å². The number of nitrogens with zero attached hydrogens (tertiary/aromatic N) is 2. The molecule has 3 rings (SSSR count). The van der Waals surface area contributed by atoms with Crippen molar-refractivity contribution in [2.45, 2.75) is 32.7 Å². The van der Waals surface area contributed by atoms with Gasteiger partial charge in [0.05, 0.1) is 5.69 Å². The second kappa shape index (κ2) is 8.05. The number of carbonyl (C=O) groups excluding carboxylic acids is 2. The van der Waals surface area contributed by atoms with Crippen LogP contribution in [0.2, 0.25) is 5.02 Å². The smallest absolute Gasteiger partial charge is 0.261 e. The molecule has 1 saturated carbocycles. The molecule has 0 unspecified atom stereocenters. The minimum absolute atomic E-state index is 0.00511. The average Bonchev–Trinajstić information content (AvgIpc) is 3.38. The lowest BCUT2D eigenvalue weighted by Gasteiger charge is -2.21. The summed E-state index contributed by atoms with van der Waals surface area (Å²) < 4.78 is 5.51. The Morgan fingerprint density at radius 2 is 2.00 bits per heavy atom. The Labute approximate surface area is 161 Å². The number of carbonyl (C=O) groups is 2. The lowest BCUT2D eigenvalue weighted by atomic mass is 10.3. The van der Waals surface area contributed by atoms with Gasteiger partial charge in [0, 0.05) is 15.9 Å². The molecule has 1 heterocycles. The highest BCUT2D eigenvalue weighted by Gasteiger charge is 2.34. The maximum Gasteiger partial charge on any atom is 0.261 e. The minimum Gasteiger partial charge on any atom is -0.484 e. The monoisotopic (exact) mass is 393 g/mol. The first-order valence-corrected chi connectivity index (χ1v) is 9.53. The Kier molecular flexibility index (Phi) is 5.78. The highest BCUT2D eigenvalue weighted by Crippen LogP contribution is 2.27. The van der Waals surface area contributed by atoms with Gasteiger partial charge in [-0.1, -0.05) is 11.6 Å². The van der Waals surface area contributed by atoms with E-state index in [-0.39, 0.29) is 31.0 Å². The van der Waals surface area contributed by atoms with Gasteiger partial charge in [0.15, 0.2) is 11.7 Å². The molecule has 26 heavy (non-hydrogen) atoms. The maximum absolute atomic E-state index is 12.5. The number of amides is 2. The van der Waals surface area contributed by atoms with E-state index in [2.05, 4.69) is 10.3 Å². The number of hydrogen-bond acceptors (Lipinski definition) is 5. The molecule has 1 aromatic carbocycles. The van der Waals surface area contributed by atoms with Crippen molar-refractivity contribution >= 4 is 39.9 Å². The van der Waals surface area contributed by atoms with Crippen LogP contribution >= 0.6 is 22.9 Å². The SMILES string of the molecule is Cc1nc(NC(=O)CN(C(=O)COc2ccc(Cl)cc2)C2CC2)sc1C. The summed E-state index contributed by atoms with van der Waals surface area (Å²) in [5.74, 6) is 0.117. The Morgan fingerprint density at radius 3 is 2.58 bits per heavy atom. The molecule has 1 aliphatic carbocycles. The molecule has 1 aliphatic rings. The third kappa shape index (κ3) is 4.95. The number of aromatic nitrogens is 1. The predicted molar refractivity (Wildman–Crippen MR) is 102 cm³/mol. The molecular formula is C18H20ClN3O3S. The van der Waals surface area contributed by atoms with Crippen LogP contribution in [0.5, 0.6) is 5.75 Å². The van der Waals surface area contributed by atoms with Crippen LogP contribution in [0.4, 0.5) is 5.13 Å². The fourth-order valence-corrected chi connectivity index (χ4v) is 3.36. The van der Waals surface area contributed by atoms with Crippen molar-refractivity contribution in [3.05, 3.63) is 39.9 Å². The van der Waals surface area contributed by atoms with Crippen LogP contribution in [-0.2, 0) is 9.59 Å². The Balaban J connectivity index is 1.55. The van der Waals surface area contributed by atoms with Crippen LogP contribution in [0, 0.1) is 13.8 Å². The molecule has 0 saturated heterocycles. The van der Waals surface area contributed by atoms with Crippen molar-refractivity contribution < 1.29 is 14.3 Å². The summed E-state index contributed by atoms with van der Waals surface area (Å²) in [6, 6.07) is 6.92. The van der Waals surface area contributed by atoms with Crippen LogP contribution in [0.3, 0.4) is 0 Å². The number of hydrogen-bond donors (Lipinski definition) is 1. The Bertz CT molecular complexity index is 783. The fourth-order valence-electron chi connectivity index (χ4n) is 2.41. The van der Waals surface area contributed by atoms with Gasteiger partial charge in [-0.25, -0.2) is 4.98 Å². The lowest BCUT2D eigenvalue weighted by molar-refractivity contribution is -0.137. The van der Waals surface area contributed by atoms with Crippen molar-refractivity contribution in [2.75, 3.05) is 18.5 Å². The summed E-state index contributed by atoms with van der Waals surface area (Å²) in [4.78, 5) is 31.7. The zero-order valence-corrected chi connectivity index (χ0v) is 16.2. The van der Waals surface area contributed by atoms with Crippen molar-refractivity contribution in [3.63, 3.8) is 0 Å². The number of thiazole rings is 1. The molecule has 1 fully saturated rings. The largest absolute Gasteiger partial charge is 0.484 e. The molecule has 0 bridgehead atoms. The number of benzene rings is 1. The molecule has 8 heteroatoms. The highest BCUT2D eigenvalue weighted by molar-refractivity contribution is 7.15. The topological polar surface area (TPSA) is 71.5 Å². The van der Waals surface area contributed by atoms with Gasteiger partial charge in [0.2, 0.25) is 5.91 Å². The quantitative estimate of drug-likeness (QED) is 0.782. The molecule has 6 nitrogen and oxygen atoms in total.